The molecule has 0 saturated carbocycles. The van der Waals surface area contributed by atoms with E-state index in [4.69, 9.17) is 4.74 Å². The minimum Gasteiger partial charge on any atom is -0.457 e. The van der Waals surface area contributed by atoms with Crippen LogP contribution >= 0.6 is 12.4 Å². The lowest BCUT2D eigenvalue weighted by Crippen LogP contribution is -2.36. The minimum atomic E-state index is -0.281. The molecule has 1 N–H and O–H groups in total. The first kappa shape index (κ1) is 12.9. The van der Waals surface area contributed by atoms with Crippen molar-refractivity contribution in [1.82, 2.24) is 10.3 Å². The summed E-state index contributed by atoms with van der Waals surface area (Å²) in [5, 5.41) is 3.20. The normalized spacial score (nSPS) is 19.6. The summed E-state index contributed by atoms with van der Waals surface area (Å²) in [4.78, 5) is 15.5. The fraction of sp³-hybridized carbons (Fsp3) is 0.455. The van der Waals surface area contributed by atoms with Crippen LogP contribution in [-0.2, 0) is 4.74 Å². The zero-order chi connectivity index (χ0) is 10.5. The summed E-state index contributed by atoms with van der Waals surface area (Å²) in [5.41, 5.74) is 0.517. The van der Waals surface area contributed by atoms with Gasteiger partial charge in [0.2, 0.25) is 0 Å². The molecule has 1 aromatic rings. The number of hydrogen-bond donors (Lipinski definition) is 1. The minimum absolute atomic E-state index is 0. The van der Waals surface area contributed by atoms with Crippen molar-refractivity contribution >= 4 is 18.4 Å². The number of esters is 1. The van der Waals surface area contributed by atoms with E-state index < -0.39 is 0 Å². The molecule has 0 aromatic carbocycles. The van der Waals surface area contributed by atoms with E-state index >= 15 is 0 Å². The van der Waals surface area contributed by atoms with Gasteiger partial charge in [-0.25, -0.2) is 4.79 Å². The predicted octanol–water partition coefficient (Wildman–Crippen LogP) is 1.41. The lowest BCUT2D eigenvalue weighted by atomic mass is 10.1. The van der Waals surface area contributed by atoms with Crippen LogP contribution in [0, 0.1) is 0 Å². The molecule has 0 bridgehead atoms. The van der Waals surface area contributed by atoms with Gasteiger partial charge in [-0.15, -0.1) is 12.4 Å². The molecule has 0 amide bonds. The van der Waals surface area contributed by atoms with E-state index in [0.717, 1.165) is 25.9 Å². The fourth-order valence-electron chi connectivity index (χ4n) is 1.62. The smallest absolute Gasteiger partial charge is 0.340 e. The summed E-state index contributed by atoms with van der Waals surface area (Å²) in [5.74, 6) is -0.281. The first-order chi connectivity index (χ1) is 7.36. The van der Waals surface area contributed by atoms with Crippen LogP contribution < -0.4 is 5.32 Å². The number of aromatic nitrogens is 1. The van der Waals surface area contributed by atoms with Gasteiger partial charge in [-0.3, -0.25) is 4.98 Å². The lowest BCUT2D eigenvalue weighted by Gasteiger charge is -2.22. The van der Waals surface area contributed by atoms with Gasteiger partial charge in [0.15, 0.2) is 0 Å². The van der Waals surface area contributed by atoms with Crippen LogP contribution in [0.1, 0.15) is 23.2 Å². The molecular formula is C11H15ClN2O2. The van der Waals surface area contributed by atoms with Crippen LogP contribution in [-0.4, -0.2) is 30.1 Å². The van der Waals surface area contributed by atoms with E-state index in [1.54, 1.807) is 18.3 Å². The maximum atomic E-state index is 11.6. The number of hydrogen-bond acceptors (Lipinski definition) is 4. The molecule has 2 rings (SSSR count). The average molecular weight is 243 g/mol. The number of nitrogens with one attached hydrogen (secondary N) is 1. The van der Waals surface area contributed by atoms with Gasteiger partial charge in [-0.2, -0.15) is 0 Å². The Morgan fingerprint density at radius 3 is 3.06 bits per heavy atom. The molecule has 1 fully saturated rings. The third kappa shape index (κ3) is 3.47. The largest absolute Gasteiger partial charge is 0.457 e. The van der Waals surface area contributed by atoms with Gasteiger partial charge in [0, 0.05) is 18.9 Å². The number of halogens is 1. The summed E-state index contributed by atoms with van der Waals surface area (Å²) in [6.45, 7) is 1.77. The van der Waals surface area contributed by atoms with Crippen molar-refractivity contribution in [2.75, 3.05) is 13.1 Å². The summed E-state index contributed by atoms with van der Waals surface area (Å²) in [6.07, 6.45) is 5.17. The van der Waals surface area contributed by atoms with Crippen LogP contribution in [0.25, 0.3) is 0 Å². The van der Waals surface area contributed by atoms with Crippen LogP contribution in [0.3, 0.4) is 0 Å². The van der Waals surface area contributed by atoms with Crippen LogP contribution in [0.5, 0.6) is 0 Å². The molecule has 0 aliphatic carbocycles. The van der Waals surface area contributed by atoms with E-state index in [0.29, 0.717) is 5.56 Å². The molecule has 1 aliphatic rings. The number of ether oxygens (including phenoxy) is 1. The summed E-state index contributed by atoms with van der Waals surface area (Å²) in [7, 11) is 0. The van der Waals surface area contributed by atoms with E-state index in [-0.39, 0.29) is 24.5 Å². The van der Waals surface area contributed by atoms with Gasteiger partial charge in [-0.1, -0.05) is 0 Å². The number of carbonyl (C=O) groups is 1. The first-order valence-electron chi connectivity index (χ1n) is 5.18. The molecule has 1 aliphatic heterocycles. The molecule has 1 aromatic heterocycles. The molecule has 0 spiro atoms. The molecule has 4 nitrogen and oxygen atoms in total. The van der Waals surface area contributed by atoms with Gasteiger partial charge in [0.25, 0.3) is 0 Å². The standard InChI is InChI=1S/C11H14N2O2.ClH/c14-11(9-3-1-5-12-7-9)15-10-4-2-6-13-8-10;/h1,3,5,7,10,13H,2,4,6,8H2;1H. The molecular weight excluding hydrogens is 228 g/mol. The Balaban J connectivity index is 0.00000128. The Hall–Kier alpha value is -1.13. The number of rotatable bonds is 2. The second kappa shape index (κ2) is 6.45. The lowest BCUT2D eigenvalue weighted by molar-refractivity contribution is 0.0245. The van der Waals surface area contributed by atoms with Crippen molar-refractivity contribution < 1.29 is 9.53 Å². The molecule has 2 heterocycles. The Morgan fingerprint density at radius 2 is 2.44 bits per heavy atom. The Kier molecular flexibility index (Phi) is 5.22. The third-order valence-electron chi connectivity index (χ3n) is 2.42. The predicted molar refractivity (Wildman–Crippen MR) is 62.8 cm³/mol. The van der Waals surface area contributed by atoms with E-state index in [9.17, 15) is 4.79 Å². The van der Waals surface area contributed by atoms with Crippen molar-refractivity contribution in [3.8, 4) is 0 Å². The highest BCUT2D eigenvalue weighted by molar-refractivity contribution is 5.89. The zero-order valence-corrected chi connectivity index (χ0v) is 9.70. The number of carbonyl (C=O) groups excluding carboxylic acids is 1. The highest BCUT2D eigenvalue weighted by atomic mass is 35.5. The van der Waals surface area contributed by atoms with E-state index in [2.05, 4.69) is 10.3 Å². The fourth-order valence-corrected chi connectivity index (χ4v) is 1.62. The zero-order valence-electron chi connectivity index (χ0n) is 8.89. The van der Waals surface area contributed by atoms with Gasteiger partial charge in [0.05, 0.1) is 5.56 Å². The average Bonchev–Trinajstić information content (AvgIpc) is 2.31. The summed E-state index contributed by atoms with van der Waals surface area (Å²) >= 11 is 0. The topological polar surface area (TPSA) is 51.2 Å². The van der Waals surface area contributed by atoms with Crippen molar-refractivity contribution in [1.29, 1.82) is 0 Å². The van der Waals surface area contributed by atoms with Crippen molar-refractivity contribution in [3.05, 3.63) is 30.1 Å². The number of nitrogens with zero attached hydrogens (tertiary/aromatic N) is 1. The first-order valence-corrected chi connectivity index (χ1v) is 5.18. The highest BCUT2D eigenvalue weighted by Crippen LogP contribution is 2.09. The molecule has 16 heavy (non-hydrogen) atoms. The van der Waals surface area contributed by atoms with Crippen molar-refractivity contribution in [2.24, 2.45) is 0 Å². The van der Waals surface area contributed by atoms with E-state index in [1.165, 1.54) is 6.20 Å². The molecule has 0 radical (unpaired) electrons. The maximum absolute atomic E-state index is 11.6. The Morgan fingerprint density at radius 1 is 1.56 bits per heavy atom. The Labute approximate surface area is 101 Å². The third-order valence-corrected chi connectivity index (χ3v) is 2.42. The van der Waals surface area contributed by atoms with Gasteiger partial charge < -0.3 is 10.1 Å². The van der Waals surface area contributed by atoms with Crippen LogP contribution in [0.15, 0.2) is 24.5 Å². The summed E-state index contributed by atoms with van der Waals surface area (Å²) < 4.78 is 5.34. The Bertz CT molecular complexity index is 326. The van der Waals surface area contributed by atoms with E-state index in [1.807, 2.05) is 0 Å². The monoisotopic (exact) mass is 242 g/mol. The maximum Gasteiger partial charge on any atom is 0.340 e. The molecule has 88 valence electrons. The molecule has 5 heteroatoms. The quantitative estimate of drug-likeness (QED) is 0.797. The molecule has 1 atom stereocenters. The van der Waals surface area contributed by atoms with Crippen molar-refractivity contribution in [2.45, 2.75) is 18.9 Å². The number of piperidine rings is 1. The highest BCUT2D eigenvalue weighted by Gasteiger charge is 2.18. The second-order valence-corrected chi connectivity index (χ2v) is 3.62. The second-order valence-electron chi connectivity index (χ2n) is 3.62. The SMILES string of the molecule is Cl.O=C(OC1CCCNC1)c1cccnc1. The van der Waals surface area contributed by atoms with Gasteiger partial charge in [-0.05, 0) is 31.5 Å². The van der Waals surface area contributed by atoms with Crippen LogP contribution in [0.2, 0.25) is 0 Å². The van der Waals surface area contributed by atoms with Crippen molar-refractivity contribution in [3.63, 3.8) is 0 Å². The van der Waals surface area contributed by atoms with Gasteiger partial charge >= 0.3 is 5.97 Å². The van der Waals surface area contributed by atoms with Crippen LogP contribution in [0.4, 0.5) is 0 Å². The number of pyridine rings is 1. The summed E-state index contributed by atoms with van der Waals surface area (Å²) in [6, 6.07) is 3.45. The van der Waals surface area contributed by atoms with Gasteiger partial charge in [0.1, 0.15) is 6.10 Å². The molecule has 1 unspecified atom stereocenters. The molecule has 1 saturated heterocycles.